The van der Waals surface area contributed by atoms with Crippen molar-refractivity contribution >= 4 is 12.1 Å². The molecule has 0 saturated heterocycles. The third kappa shape index (κ3) is 2.64. The molecule has 1 N–H and O–H groups in total. The largest absolute Gasteiger partial charge is 0.273 e. The normalized spacial score (nSPS) is 22.4. The summed E-state index contributed by atoms with van der Waals surface area (Å²) < 4.78 is 0. The lowest BCUT2D eigenvalue weighted by Crippen LogP contribution is -2.30. The number of nitrogens with one attached hydrogen (secondary N) is 1. The van der Waals surface area contributed by atoms with Gasteiger partial charge < -0.3 is 0 Å². The van der Waals surface area contributed by atoms with Crippen LogP contribution in [0.3, 0.4) is 0 Å². The smallest absolute Gasteiger partial charge is 0.243 e. The summed E-state index contributed by atoms with van der Waals surface area (Å²) >= 11 is 0. The van der Waals surface area contributed by atoms with Crippen LogP contribution in [0.4, 0.5) is 0 Å². The molecule has 3 nitrogen and oxygen atoms in total. The maximum absolute atomic E-state index is 11.2. The summed E-state index contributed by atoms with van der Waals surface area (Å²) in [4.78, 5) is 11.2. The molecule has 1 amide bonds. The first kappa shape index (κ1) is 9.23. The van der Waals surface area contributed by atoms with Crippen molar-refractivity contribution in [1.29, 1.82) is 0 Å². The van der Waals surface area contributed by atoms with Crippen LogP contribution in [0.5, 0.6) is 0 Å². The van der Waals surface area contributed by atoms with E-state index in [0.717, 1.165) is 19.3 Å². The van der Waals surface area contributed by atoms with E-state index in [4.69, 9.17) is 0 Å². The van der Waals surface area contributed by atoms with Gasteiger partial charge in [-0.3, -0.25) is 4.79 Å². The highest BCUT2D eigenvalue weighted by atomic mass is 16.2. The molecule has 1 heterocycles. The summed E-state index contributed by atoms with van der Waals surface area (Å²) in [6, 6.07) is 0. The van der Waals surface area contributed by atoms with Crippen LogP contribution < -0.4 is 5.43 Å². The lowest BCUT2D eigenvalue weighted by Gasteiger charge is -2.15. The minimum Gasteiger partial charge on any atom is -0.273 e. The van der Waals surface area contributed by atoms with Crippen molar-refractivity contribution in [2.45, 2.75) is 39.0 Å². The van der Waals surface area contributed by atoms with Gasteiger partial charge in [-0.15, -0.1) is 0 Å². The van der Waals surface area contributed by atoms with Gasteiger partial charge in [-0.05, 0) is 12.8 Å². The zero-order valence-electron chi connectivity index (χ0n) is 7.55. The van der Waals surface area contributed by atoms with Crippen LogP contribution in [0, 0.1) is 5.92 Å². The lowest BCUT2D eigenvalue weighted by atomic mass is 9.97. The van der Waals surface area contributed by atoms with Crippen LogP contribution in [0.2, 0.25) is 0 Å². The minimum atomic E-state index is 0.0913. The SMILES string of the molecule is CCCCCC1CC=NNC1=O. The van der Waals surface area contributed by atoms with E-state index in [1.807, 2.05) is 0 Å². The Kier molecular flexibility index (Phi) is 3.77. The van der Waals surface area contributed by atoms with Crippen LogP contribution in [0.25, 0.3) is 0 Å². The predicted molar refractivity (Wildman–Crippen MR) is 48.9 cm³/mol. The molecule has 0 spiro atoms. The lowest BCUT2D eigenvalue weighted by molar-refractivity contribution is -0.125. The van der Waals surface area contributed by atoms with E-state index in [-0.39, 0.29) is 11.8 Å². The molecule has 1 aliphatic rings. The number of hydrogen-bond donors (Lipinski definition) is 1. The fourth-order valence-corrected chi connectivity index (χ4v) is 1.38. The fraction of sp³-hybridized carbons (Fsp3) is 0.778. The van der Waals surface area contributed by atoms with Crippen LogP contribution in [-0.2, 0) is 4.79 Å². The van der Waals surface area contributed by atoms with Crippen LogP contribution in [-0.4, -0.2) is 12.1 Å². The molecule has 12 heavy (non-hydrogen) atoms. The molecule has 0 bridgehead atoms. The van der Waals surface area contributed by atoms with E-state index in [2.05, 4.69) is 17.5 Å². The van der Waals surface area contributed by atoms with E-state index >= 15 is 0 Å². The van der Waals surface area contributed by atoms with E-state index < -0.39 is 0 Å². The molecule has 0 radical (unpaired) electrons. The van der Waals surface area contributed by atoms with Gasteiger partial charge in [-0.2, -0.15) is 5.10 Å². The molecular formula is C9H16N2O. The first-order valence-electron chi connectivity index (χ1n) is 4.66. The van der Waals surface area contributed by atoms with E-state index in [1.165, 1.54) is 12.8 Å². The average Bonchev–Trinajstić information content (AvgIpc) is 2.09. The molecule has 0 aliphatic carbocycles. The highest BCUT2D eigenvalue weighted by Gasteiger charge is 2.18. The second-order valence-electron chi connectivity index (χ2n) is 3.22. The first-order valence-corrected chi connectivity index (χ1v) is 4.66. The molecule has 1 aliphatic heterocycles. The molecular weight excluding hydrogens is 152 g/mol. The van der Waals surface area contributed by atoms with Gasteiger partial charge in [0, 0.05) is 12.1 Å². The molecule has 0 aromatic rings. The number of hydrazone groups is 1. The van der Waals surface area contributed by atoms with Crippen LogP contribution >= 0.6 is 0 Å². The Hall–Kier alpha value is -0.860. The van der Waals surface area contributed by atoms with Crippen LogP contribution in [0.1, 0.15) is 39.0 Å². The van der Waals surface area contributed by atoms with Crippen molar-refractivity contribution in [2.75, 3.05) is 0 Å². The highest BCUT2D eigenvalue weighted by molar-refractivity contribution is 5.84. The Labute approximate surface area is 73.2 Å². The number of rotatable bonds is 4. The van der Waals surface area contributed by atoms with Crippen molar-refractivity contribution in [3.63, 3.8) is 0 Å². The molecule has 0 saturated carbocycles. The Morgan fingerprint density at radius 1 is 1.67 bits per heavy atom. The first-order chi connectivity index (χ1) is 5.84. The molecule has 1 unspecified atom stereocenters. The van der Waals surface area contributed by atoms with Gasteiger partial charge in [0.15, 0.2) is 0 Å². The summed E-state index contributed by atoms with van der Waals surface area (Å²) in [5, 5.41) is 3.71. The van der Waals surface area contributed by atoms with Gasteiger partial charge in [-0.1, -0.05) is 26.2 Å². The van der Waals surface area contributed by atoms with Gasteiger partial charge in [-0.25, -0.2) is 5.43 Å². The van der Waals surface area contributed by atoms with Gasteiger partial charge in [0.2, 0.25) is 5.91 Å². The van der Waals surface area contributed by atoms with Crippen molar-refractivity contribution in [1.82, 2.24) is 5.43 Å². The molecule has 0 aromatic heterocycles. The second kappa shape index (κ2) is 4.91. The summed E-state index contributed by atoms with van der Waals surface area (Å²) in [6.45, 7) is 2.17. The second-order valence-corrected chi connectivity index (χ2v) is 3.22. The fourth-order valence-electron chi connectivity index (χ4n) is 1.38. The quantitative estimate of drug-likeness (QED) is 0.638. The van der Waals surface area contributed by atoms with Gasteiger partial charge in [0.05, 0.1) is 0 Å². The number of unbranched alkanes of at least 4 members (excludes halogenated alkanes) is 2. The standard InChI is InChI=1S/C9H16N2O/c1-2-3-4-5-8-6-7-10-11-9(8)12/h7-8H,2-6H2,1H3,(H,11,12). The average molecular weight is 168 g/mol. The number of carbonyl (C=O) groups excluding carboxylic acids is 1. The van der Waals surface area contributed by atoms with E-state index in [0.29, 0.717) is 0 Å². The summed E-state index contributed by atoms with van der Waals surface area (Å²) in [6.07, 6.45) is 7.20. The predicted octanol–water partition coefficient (Wildman–Crippen LogP) is 1.69. The molecule has 1 rings (SSSR count). The number of hydrogen-bond acceptors (Lipinski definition) is 2. The third-order valence-corrected chi connectivity index (χ3v) is 2.18. The zero-order valence-corrected chi connectivity index (χ0v) is 7.55. The summed E-state index contributed by atoms with van der Waals surface area (Å²) in [5.74, 6) is 0.266. The summed E-state index contributed by atoms with van der Waals surface area (Å²) in [5.41, 5.74) is 2.49. The number of amides is 1. The number of nitrogens with zero attached hydrogens (tertiary/aromatic N) is 1. The Balaban J connectivity index is 2.22. The van der Waals surface area contributed by atoms with E-state index in [1.54, 1.807) is 6.21 Å². The van der Waals surface area contributed by atoms with Crippen molar-refractivity contribution in [2.24, 2.45) is 11.0 Å². The van der Waals surface area contributed by atoms with E-state index in [9.17, 15) is 4.79 Å². The van der Waals surface area contributed by atoms with Crippen molar-refractivity contribution in [3.8, 4) is 0 Å². The molecule has 0 fully saturated rings. The maximum Gasteiger partial charge on any atom is 0.243 e. The molecule has 0 aromatic carbocycles. The van der Waals surface area contributed by atoms with Gasteiger partial charge in [0.1, 0.15) is 0 Å². The Bertz CT molecular complexity index is 177. The maximum atomic E-state index is 11.2. The highest BCUT2D eigenvalue weighted by Crippen LogP contribution is 2.14. The van der Waals surface area contributed by atoms with Crippen molar-refractivity contribution < 1.29 is 4.79 Å². The van der Waals surface area contributed by atoms with Crippen LogP contribution in [0.15, 0.2) is 5.10 Å². The molecule has 68 valence electrons. The molecule has 1 atom stereocenters. The zero-order chi connectivity index (χ0) is 8.81. The third-order valence-electron chi connectivity index (χ3n) is 2.18. The summed E-state index contributed by atoms with van der Waals surface area (Å²) in [7, 11) is 0. The Morgan fingerprint density at radius 3 is 3.17 bits per heavy atom. The van der Waals surface area contributed by atoms with Gasteiger partial charge >= 0.3 is 0 Å². The Morgan fingerprint density at radius 2 is 2.50 bits per heavy atom. The number of carbonyl (C=O) groups is 1. The van der Waals surface area contributed by atoms with Crippen molar-refractivity contribution in [3.05, 3.63) is 0 Å². The van der Waals surface area contributed by atoms with Gasteiger partial charge in [0.25, 0.3) is 0 Å². The molecule has 3 heteroatoms. The monoisotopic (exact) mass is 168 g/mol. The minimum absolute atomic E-state index is 0.0913. The topological polar surface area (TPSA) is 41.5 Å².